The van der Waals surface area contributed by atoms with Gasteiger partial charge in [0, 0.05) is 32.5 Å². The highest BCUT2D eigenvalue weighted by Gasteiger charge is 2.23. The first-order valence-electron chi connectivity index (χ1n) is 9.36. The number of pyridine rings is 1. The number of amides is 1. The molecule has 0 aliphatic carbocycles. The molecule has 0 saturated carbocycles. The third-order valence-corrected chi connectivity index (χ3v) is 5.24. The fraction of sp³-hybridized carbons (Fsp3) is 0.250. The van der Waals surface area contributed by atoms with Crippen LogP contribution in [0.25, 0.3) is 17.2 Å². The van der Waals surface area contributed by atoms with Crippen LogP contribution in [-0.4, -0.2) is 46.3 Å². The number of aromatic nitrogens is 6. The van der Waals surface area contributed by atoms with Gasteiger partial charge in [0.25, 0.3) is 5.91 Å². The molecule has 1 amide bonds. The van der Waals surface area contributed by atoms with Crippen molar-refractivity contribution in [1.29, 1.82) is 5.26 Å². The topological polar surface area (TPSA) is 97.0 Å². The molecule has 1 aliphatic heterocycles. The molecule has 0 fully saturated rings. The second-order valence-electron chi connectivity index (χ2n) is 7.11. The molecule has 0 atom stereocenters. The molecular formula is C20H18N8O. The summed E-state index contributed by atoms with van der Waals surface area (Å²) in [4.78, 5) is 15.0. The van der Waals surface area contributed by atoms with Crippen LogP contribution in [0, 0.1) is 11.3 Å². The second-order valence-corrected chi connectivity index (χ2v) is 7.11. The van der Waals surface area contributed by atoms with Crippen molar-refractivity contribution in [3.05, 3.63) is 59.7 Å². The fourth-order valence-corrected chi connectivity index (χ4v) is 3.76. The van der Waals surface area contributed by atoms with Gasteiger partial charge in [-0.15, -0.1) is 10.2 Å². The zero-order chi connectivity index (χ0) is 20.0. The van der Waals surface area contributed by atoms with Gasteiger partial charge in [0.15, 0.2) is 17.2 Å². The summed E-state index contributed by atoms with van der Waals surface area (Å²) in [6, 6.07) is 11.3. The molecule has 144 valence electrons. The lowest BCUT2D eigenvalue weighted by molar-refractivity contribution is 0.0745. The minimum atomic E-state index is -0.0633. The standard InChI is InChI=1S/C20H18N8O/c1-25-7-2-4-17(25)19-23-22-18-6-5-14(12-27(18)19)20(29)26-8-3-9-28-16(13-26)10-15(11-21)24-28/h2,4-7,10,12H,3,8-9,13H2,1H3. The predicted molar refractivity (Wildman–Crippen MR) is 104 cm³/mol. The summed E-state index contributed by atoms with van der Waals surface area (Å²) >= 11 is 0. The van der Waals surface area contributed by atoms with Crippen molar-refractivity contribution < 1.29 is 4.79 Å². The first kappa shape index (κ1) is 17.2. The van der Waals surface area contributed by atoms with E-state index in [4.69, 9.17) is 5.26 Å². The van der Waals surface area contributed by atoms with Crippen LogP contribution in [0.3, 0.4) is 0 Å². The van der Waals surface area contributed by atoms with E-state index in [2.05, 4.69) is 21.4 Å². The lowest BCUT2D eigenvalue weighted by atomic mass is 10.2. The van der Waals surface area contributed by atoms with Crippen molar-refractivity contribution in [1.82, 2.24) is 33.8 Å². The van der Waals surface area contributed by atoms with Crippen molar-refractivity contribution in [2.45, 2.75) is 19.5 Å². The van der Waals surface area contributed by atoms with E-state index < -0.39 is 0 Å². The third-order valence-electron chi connectivity index (χ3n) is 5.24. The molecule has 0 N–H and O–H groups in total. The Morgan fingerprint density at radius 3 is 2.90 bits per heavy atom. The van der Waals surface area contributed by atoms with E-state index >= 15 is 0 Å². The Bertz CT molecular complexity index is 1270. The summed E-state index contributed by atoms with van der Waals surface area (Å²) in [5.41, 5.74) is 3.44. The summed E-state index contributed by atoms with van der Waals surface area (Å²) in [5.74, 6) is 0.626. The van der Waals surface area contributed by atoms with Crippen molar-refractivity contribution in [2.75, 3.05) is 6.54 Å². The number of carbonyl (C=O) groups excluding carboxylic acids is 1. The Balaban J connectivity index is 1.49. The monoisotopic (exact) mass is 386 g/mol. The average molecular weight is 386 g/mol. The van der Waals surface area contributed by atoms with Crippen LogP contribution in [0.1, 0.15) is 28.2 Å². The summed E-state index contributed by atoms with van der Waals surface area (Å²) in [6.45, 7) is 1.76. The minimum absolute atomic E-state index is 0.0633. The minimum Gasteiger partial charge on any atom is -0.348 e. The molecule has 0 radical (unpaired) electrons. The number of nitriles is 1. The predicted octanol–water partition coefficient (Wildman–Crippen LogP) is 1.85. The van der Waals surface area contributed by atoms with Gasteiger partial charge in [-0.3, -0.25) is 13.9 Å². The smallest absolute Gasteiger partial charge is 0.255 e. The van der Waals surface area contributed by atoms with Crippen LogP contribution in [0.5, 0.6) is 0 Å². The van der Waals surface area contributed by atoms with Gasteiger partial charge >= 0.3 is 0 Å². The Morgan fingerprint density at radius 2 is 2.10 bits per heavy atom. The van der Waals surface area contributed by atoms with Gasteiger partial charge in [0.2, 0.25) is 0 Å². The molecular weight excluding hydrogens is 368 g/mol. The van der Waals surface area contributed by atoms with E-state index in [9.17, 15) is 4.79 Å². The maximum Gasteiger partial charge on any atom is 0.255 e. The number of hydrogen-bond acceptors (Lipinski definition) is 5. The molecule has 9 nitrogen and oxygen atoms in total. The second kappa shape index (κ2) is 6.60. The molecule has 0 aromatic carbocycles. The van der Waals surface area contributed by atoms with E-state index in [0.717, 1.165) is 17.8 Å². The molecule has 4 aromatic heterocycles. The molecule has 4 aromatic rings. The Kier molecular flexibility index (Phi) is 3.91. The molecule has 0 bridgehead atoms. The van der Waals surface area contributed by atoms with Gasteiger partial charge in [0.1, 0.15) is 6.07 Å². The number of nitrogens with zero attached hydrogens (tertiary/aromatic N) is 8. The maximum absolute atomic E-state index is 13.2. The average Bonchev–Trinajstić information content (AvgIpc) is 3.41. The van der Waals surface area contributed by atoms with E-state index in [1.807, 2.05) is 45.1 Å². The summed E-state index contributed by atoms with van der Waals surface area (Å²) in [7, 11) is 1.95. The fourth-order valence-electron chi connectivity index (χ4n) is 3.76. The quantitative estimate of drug-likeness (QED) is 0.524. The van der Waals surface area contributed by atoms with Gasteiger partial charge in [-0.25, -0.2) is 0 Å². The van der Waals surface area contributed by atoms with E-state index in [1.165, 1.54) is 0 Å². The largest absolute Gasteiger partial charge is 0.348 e. The normalized spacial score (nSPS) is 13.9. The van der Waals surface area contributed by atoms with Crippen LogP contribution in [0.2, 0.25) is 0 Å². The molecule has 1 aliphatic rings. The van der Waals surface area contributed by atoms with Crippen LogP contribution in [0.4, 0.5) is 0 Å². The van der Waals surface area contributed by atoms with Crippen LogP contribution in [-0.2, 0) is 20.1 Å². The molecule has 0 unspecified atom stereocenters. The van der Waals surface area contributed by atoms with E-state index in [1.54, 1.807) is 23.2 Å². The molecule has 0 spiro atoms. The molecule has 5 rings (SSSR count). The highest BCUT2D eigenvalue weighted by molar-refractivity contribution is 5.94. The van der Waals surface area contributed by atoms with Crippen LogP contribution in [0.15, 0.2) is 42.7 Å². The zero-order valence-electron chi connectivity index (χ0n) is 15.9. The summed E-state index contributed by atoms with van der Waals surface area (Å²) < 4.78 is 5.63. The lowest BCUT2D eigenvalue weighted by Crippen LogP contribution is -2.30. The highest BCUT2D eigenvalue weighted by Crippen LogP contribution is 2.21. The number of fused-ring (bicyclic) bond motifs is 2. The summed E-state index contributed by atoms with van der Waals surface area (Å²) in [5, 5.41) is 21.9. The van der Waals surface area contributed by atoms with Crippen molar-refractivity contribution in [2.24, 2.45) is 7.05 Å². The Labute approximate surface area is 166 Å². The molecule has 29 heavy (non-hydrogen) atoms. The first-order chi connectivity index (χ1) is 14.1. The summed E-state index contributed by atoms with van der Waals surface area (Å²) in [6.07, 6.45) is 4.53. The molecule has 9 heteroatoms. The van der Waals surface area contributed by atoms with Gasteiger partial charge in [-0.1, -0.05) is 0 Å². The Morgan fingerprint density at radius 1 is 1.21 bits per heavy atom. The van der Waals surface area contributed by atoms with Crippen molar-refractivity contribution in [3.63, 3.8) is 0 Å². The third kappa shape index (κ3) is 2.86. The maximum atomic E-state index is 13.2. The highest BCUT2D eigenvalue weighted by atomic mass is 16.2. The zero-order valence-corrected chi connectivity index (χ0v) is 15.9. The van der Waals surface area contributed by atoms with Gasteiger partial charge in [-0.05, 0) is 36.8 Å². The Hall–Kier alpha value is -3.93. The number of aryl methyl sites for hydroxylation is 2. The molecule has 5 heterocycles. The van der Waals surface area contributed by atoms with Gasteiger partial charge in [-0.2, -0.15) is 10.4 Å². The SMILES string of the molecule is Cn1cccc1-c1nnc2ccc(C(=O)N3CCCn4nc(C#N)cc4C3)cn12. The number of rotatable bonds is 2. The van der Waals surface area contributed by atoms with E-state index in [0.29, 0.717) is 42.4 Å². The van der Waals surface area contributed by atoms with Crippen molar-refractivity contribution in [3.8, 4) is 17.6 Å². The molecule has 0 saturated heterocycles. The first-order valence-corrected chi connectivity index (χ1v) is 9.36. The van der Waals surface area contributed by atoms with Gasteiger partial charge < -0.3 is 9.47 Å². The van der Waals surface area contributed by atoms with Crippen LogP contribution >= 0.6 is 0 Å². The van der Waals surface area contributed by atoms with Gasteiger partial charge in [0.05, 0.1) is 23.5 Å². The van der Waals surface area contributed by atoms with E-state index in [-0.39, 0.29) is 5.91 Å². The van der Waals surface area contributed by atoms with Crippen LogP contribution < -0.4 is 0 Å². The lowest BCUT2D eigenvalue weighted by Gasteiger charge is -2.20. The van der Waals surface area contributed by atoms with Crippen molar-refractivity contribution >= 4 is 11.6 Å². The number of carbonyl (C=O) groups is 1. The number of hydrogen-bond donors (Lipinski definition) is 0.